The largest absolute Gasteiger partial charge is 0.493 e. The van der Waals surface area contributed by atoms with Crippen LogP contribution in [0.15, 0.2) is 12.1 Å². The first kappa shape index (κ1) is 10.9. The van der Waals surface area contributed by atoms with E-state index in [0.29, 0.717) is 6.10 Å². The van der Waals surface area contributed by atoms with Crippen molar-refractivity contribution in [2.75, 3.05) is 27.3 Å². The van der Waals surface area contributed by atoms with Crippen LogP contribution in [0.25, 0.3) is 0 Å². The van der Waals surface area contributed by atoms with Crippen molar-refractivity contribution in [3.63, 3.8) is 0 Å². The van der Waals surface area contributed by atoms with E-state index in [4.69, 9.17) is 14.2 Å². The van der Waals surface area contributed by atoms with Crippen molar-refractivity contribution >= 4 is 0 Å². The highest BCUT2D eigenvalue weighted by Gasteiger charge is 2.32. The fourth-order valence-electron chi connectivity index (χ4n) is 2.67. The molecule has 4 heteroatoms. The summed E-state index contributed by atoms with van der Waals surface area (Å²) in [6.07, 6.45) is 1.38. The summed E-state index contributed by atoms with van der Waals surface area (Å²) in [5, 5.41) is 3.40. The Morgan fingerprint density at radius 1 is 1.18 bits per heavy atom. The molecule has 1 N–H and O–H groups in total. The fourth-order valence-corrected chi connectivity index (χ4v) is 2.67. The molecule has 3 rings (SSSR count). The molecule has 1 aromatic carbocycles. The number of rotatable bonds is 2. The van der Waals surface area contributed by atoms with Gasteiger partial charge in [0.05, 0.1) is 26.4 Å². The molecule has 2 heterocycles. The Hall–Kier alpha value is -1.26. The normalized spacial score (nSPS) is 26.2. The summed E-state index contributed by atoms with van der Waals surface area (Å²) in [6, 6.07) is 4.13. The van der Waals surface area contributed by atoms with Crippen LogP contribution >= 0.6 is 0 Å². The van der Waals surface area contributed by atoms with Crippen LogP contribution in [0.1, 0.15) is 17.2 Å². The molecule has 1 saturated heterocycles. The first-order valence-electron chi connectivity index (χ1n) is 5.92. The number of hydrogen-bond donors (Lipinski definition) is 1. The molecule has 2 aliphatic heterocycles. The number of methoxy groups -OCH3 is 2. The number of morpholine rings is 1. The van der Waals surface area contributed by atoms with Gasteiger partial charge in [-0.05, 0) is 23.3 Å². The van der Waals surface area contributed by atoms with Gasteiger partial charge in [0, 0.05) is 19.5 Å². The summed E-state index contributed by atoms with van der Waals surface area (Å²) in [4.78, 5) is 0. The van der Waals surface area contributed by atoms with Gasteiger partial charge >= 0.3 is 0 Å². The van der Waals surface area contributed by atoms with E-state index >= 15 is 0 Å². The van der Waals surface area contributed by atoms with Gasteiger partial charge in [-0.1, -0.05) is 0 Å². The second-order valence-corrected chi connectivity index (χ2v) is 4.52. The minimum absolute atomic E-state index is 0.150. The SMILES string of the molecule is COc1cc2c(cc1OC)C1CNCC(C2)O1. The Morgan fingerprint density at radius 3 is 2.71 bits per heavy atom. The maximum Gasteiger partial charge on any atom is 0.161 e. The van der Waals surface area contributed by atoms with Crippen LogP contribution in [-0.2, 0) is 11.2 Å². The van der Waals surface area contributed by atoms with Crippen LogP contribution < -0.4 is 14.8 Å². The maximum absolute atomic E-state index is 5.96. The van der Waals surface area contributed by atoms with Crippen LogP contribution in [0, 0.1) is 0 Å². The lowest BCUT2D eigenvalue weighted by Crippen LogP contribution is -2.44. The Labute approximate surface area is 101 Å². The predicted octanol–water partition coefficient (Wildman–Crippen LogP) is 1.29. The molecule has 92 valence electrons. The molecule has 17 heavy (non-hydrogen) atoms. The summed E-state index contributed by atoms with van der Waals surface area (Å²) < 4.78 is 16.6. The van der Waals surface area contributed by atoms with Crippen LogP contribution in [0.5, 0.6) is 11.5 Å². The maximum atomic E-state index is 5.96. The van der Waals surface area contributed by atoms with E-state index in [1.807, 2.05) is 6.07 Å². The van der Waals surface area contributed by atoms with Crippen molar-refractivity contribution in [3.8, 4) is 11.5 Å². The van der Waals surface area contributed by atoms with Crippen molar-refractivity contribution in [1.82, 2.24) is 5.32 Å². The Morgan fingerprint density at radius 2 is 1.94 bits per heavy atom. The molecule has 0 aliphatic carbocycles. The topological polar surface area (TPSA) is 39.7 Å². The third-order valence-corrected chi connectivity index (χ3v) is 3.50. The van der Waals surface area contributed by atoms with E-state index in [9.17, 15) is 0 Å². The van der Waals surface area contributed by atoms with Gasteiger partial charge < -0.3 is 19.5 Å². The molecule has 2 atom stereocenters. The monoisotopic (exact) mass is 235 g/mol. The molecule has 2 unspecified atom stereocenters. The predicted molar refractivity (Wildman–Crippen MR) is 63.7 cm³/mol. The minimum Gasteiger partial charge on any atom is -0.493 e. The molecule has 1 fully saturated rings. The van der Waals surface area contributed by atoms with E-state index in [1.165, 1.54) is 11.1 Å². The lowest BCUT2D eigenvalue weighted by atomic mass is 9.91. The molecule has 1 aromatic rings. The zero-order valence-corrected chi connectivity index (χ0v) is 10.2. The molecule has 2 bridgehead atoms. The van der Waals surface area contributed by atoms with E-state index in [0.717, 1.165) is 31.0 Å². The summed E-state index contributed by atoms with van der Waals surface area (Å²) in [6.45, 7) is 1.81. The van der Waals surface area contributed by atoms with Crippen LogP contribution in [-0.4, -0.2) is 33.4 Å². The molecule has 4 nitrogen and oxygen atoms in total. The number of fused-ring (bicyclic) bond motifs is 4. The molecule has 0 radical (unpaired) electrons. The van der Waals surface area contributed by atoms with Crippen LogP contribution in [0.4, 0.5) is 0 Å². The van der Waals surface area contributed by atoms with Gasteiger partial charge in [0.25, 0.3) is 0 Å². The Balaban J connectivity index is 2.06. The second kappa shape index (κ2) is 4.20. The molecular formula is C13H17NO3. The number of hydrogen-bond acceptors (Lipinski definition) is 4. The lowest BCUT2D eigenvalue weighted by molar-refractivity contribution is -0.0495. The zero-order chi connectivity index (χ0) is 11.8. The average Bonchev–Trinajstić information content (AvgIpc) is 2.37. The fraction of sp³-hybridized carbons (Fsp3) is 0.538. The first-order chi connectivity index (χ1) is 8.31. The standard InChI is InChI=1S/C13H17NO3/c1-15-11-4-8-3-9-6-14-7-13(17-9)10(8)5-12(11)16-2/h4-5,9,13-14H,3,6-7H2,1-2H3. The zero-order valence-electron chi connectivity index (χ0n) is 10.2. The lowest BCUT2D eigenvalue weighted by Gasteiger charge is -2.37. The van der Waals surface area contributed by atoms with Gasteiger partial charge in [-0.25, -0.2) is 0 Å². The molecule has 0 spiro atoms. The molecule has 0 saturated carbocycles. The van der Waals surface area contributed by atoms with Gasteiger partial charge in [-0.2, -0.15) is 0 Å². The number of nitrogens with one attached hydrogen (secondary N) is 1. The Kier molecular flexibility index (Phi) is 2.68. The van der Waals surface area contributed by atoms with E-state index in [-0.39, 0.29) is 6.10 Å². The third-order valence-electron chi connectivity index (χ3n) is 3.50. The highest BCUT2D eigenvalue weighted by atomic mass is 16.5. The van der Waals surface area contributed by atoms with Crippen molar-refractivity contribution in [2.24, 2.45) is 0 Å². The number of benzene rings is 1. The van der Waals surface area contributed by atoms with Crippen LogP contribution in [0.2, 0.25) is 0 Å². The second-order valence-electron chi connectivity index (χ2n) is 4.52. The third kappa shape index (κ3) is 1.77. The number of ether oxygens (including phenoxy) is 3. The molecular weight excluding hydrogens is 218 g/mol. The summed E-state index contributed by atoms with van der Waals surface area (Å²) in [5.74, 6) is 1.58. The molecule has 2 aliphatic rings. The quantitative estimate of drug-likeness (QED) is 0.838. The summed E-state index contributed by atoms with van der Waals surface area (Å²) in [5.41, 5.74) is 2.55. The Bertz CT molecular complexity index is 433. The van der Waals surface area contributed by atoms with Crippen molar-refractivity contribution < 1.29 is 14.2 Å². The minimum atomic E-state index is 0.150. The van der Waals surface area contributed by atoms with Gasteiger partial charge in [0.1, 0.15) is 0 Å². The van der Waals surface area contributed by atoms with E-state index < -0.39 is 0 Å². The molecule has 0 aromatic heterocycles. The smallest absolute Gasteiger partial charge is 0.161 e. The summed E-state index contributed by atoms with van der Waals surface area (Å²) in [7, 11) is 3.34. The highest BCUT2D eigenvalue weighted by Crippen LogP contribution is 2.39. The van der Waals surface area contributed by atoms with Gasteiger partial charge in [0.2, 0.25) is 0 Å². The highest BCUT2D eigenvalue weighted by molar-refractivity contribution is 5.49. The van der Waals surface area contributed by atoms with Crippen LogP contribution in [0.3, 0.4) is 0 Å². The van der Waals surface area contributed by atoms with Crippen molar-refractivity contribution in [1.29, 1.82) is 0 Å². The average molecular weight is 235 g/mol. The van der Waals surface area contributed by atoms with Crippen molar-refractivity contribution in [3.05, 3.63) is 23.3 Å². The van der Waals surface area contributed by atoms with Gasteiger partial charge in [-0.3, -0.25) is 0 Å². The van der Waals surface area contributed by atoms with Crippen molar-refractivity contribution in [2.45, 2.75) is 18.6 Å². The van der Waals surface area contributed by atoms with E-state index in [2.05, 4.69) is 11.4 Å². The first-order valence-corrected chi connectivity index (χ1v) is 5.92. The van der Waals surface area contributed by atoms with Gasteiger partial charge in [0.15, 0.2) is 11.5 Å². The summed E-state index contributed by atoms with van der Waals surface area (Å²) >= 11 is 0. The molecule has 0 amide bonds. The van der Waals surface area contributed by atoms with E-state index in [1.54, 1.807) is 14.2 Å². The van der Waals surface area contributed by atoms with Gasteiger partial charge in [-0.15, -0.1) is 0 Å².